The summed E-state index contributed by atoms with van der Waals surface area (Å²) in [5.74, 6) is -0.793. The number of ether oxygens (including phenoxy) is 1. The number of aryl methyl sites for hydroxylation is 1. The lowest BCUT2D eigenvalue weighted by Gasteiger charge is -2.26. The second kappa shape index (κ2) is 14.4. The van der Waals surface area contributed by atoms with Gasteiger partial charge in [-0.15, -0.1) is 11.3 Å². The van der Waals surface area contributed by atoms with Crippen LogP contribution in [0.1, 0.15) is 16.7 Å². The molecule has 1 N–H and O–H groups in total. The zero-order valence-electron chi connectivity index (χ0n) is 26.4. The molecule has 1 aliphatic heterocycles. The number of nitriles is 1. The van der Waals surface area contributed by atoms with Crippen molar-refractivity contribution < 1.29 is 22.7 Å². The molecule has 1 amide bonds. The van der Waals surface area contributed by atoms with Crippen LogP contribution in [0.5, 0.6) is 0 Å². The number of hydrogen-bond donors (Lipinski definition) is 1. The summed E-state index contributed by atoms with van der Waals surface area (Å²) in [7, 11) is 0. The van der Waals surface area contributed by atoms with E-state index in [1.54, 1.807) is 10.9 Å². The number of amides is 1. The molecule has 0 bridgehead atoms. The third kappa shape index (κ3) is 7.41. The summed E-state index contributed by atoms with van der Waals surface area (Å²) in [5, 5.41) is 17.7. The first-order chi connectivity index (χ1) is 23.6. The highest BCUT2D eigenvalue weighted by Gasteiger charge is 2.34. The Morgan fingerprint density at radius 3 is 2.43 bits per heavy atom. The van der Waals surface area contributed by atoms with E-state index >= 15 is 0 Å². The highest BCUT2D eigenvalue weighted by atomic mass is 32.1. The monoisotopic (exact) mass is 684 g/mol. The summed E-state index contributed by atoms with van der Waals surface area (Å²) in [6.45, 7) is 5.15. The number of rotatable bonds is 8. The summed E-state index contributed by atoms with van der Waals surface area (Å²) >= 11 is 0.772. The molecule has 5 aromatic rings. The van der Waals surface area contributed by atoms with E-state index in [0.717, 1.165) is 44.9 Å². The fraction of sp³-hybridized carbons (Fsp3) is 0.222. The standard InChI is InChI=1S/C36H31F3N6O3S/c1-24-11-13-25(14-12-24)32-26(23-44(42-32)27-7-3-2-4-8-27)21-31-34(47)45(30-10-6-5-9-29(30)36(37,38)39)35(49-31)28(22-40)33(46)41-15-16-43-17-19-48-20-18-43/h2-14,21,23H,15-20H2,1H3,(H,41,46)/b31-21-,35-28-. The molecule has 0 saturated carbocycles. The number of benzene rings is 3. The van der Waals surface area contributed by atoms with Gasteiger partial charge in [-0.25, -0.2) is 4.68 Å². The van der Waals surface area contributed by atoms with E-state index in [-0.39, 0.29) is 15.7 Å². The van der Waals surface area contributed by atoms with E-state index in [1.807, 2.05) is 67.6 Å². The van der Waals surface area contributed by atoms with Gasteiger partial charge >= 0.3 is 6.18 Å². The molecule has 1 aliphatic rings. The van der Waals surface area contributed by atoms with Gasteiger partial charge in [0.05, 0.1) is 40.4 Å². The van der Waals surface area contributed by atoms with Gasteiger partial charge in [0.1, 0.15) is 10.7 Å². The molecule has 13 heteroatoms. The Labute approximate surface area is 283 Å². The number of hydrogen-bond acceptors (Lipinski definition) is 7. The number of halogens is 3. The van der Waals surface area contributed by atoms with Crippen LogP contribution in [0.4, 0.5) is 13.2 Å². The van der Waals surface area contributed by atoms with E-state index in [2.05, 4.69) is 10.2 Å². The summed E-state index contributed by atoms with van der Waals surface area (Å²) in [5.41, 5.74) is 0.750. The first-order valence-corrected chi connectivity index (χ1v) is 16.3. The van der Waals surface area contributed by atoms with Crippen LogP contribution >= 0.6 is 11.3 Å². The average molecular weight is 685 g/mol. The van der Waals surface area contributed by atoms with E-state index in [0.29, 0.717) is 44.1 Å². The van der Waals surface area contributed by atoms with Crippen molar-refractivity contribution in [2.75, 3.05) is 39.4 Å². The second-order valence-electron chi connectivity index (χ2n) is 11.3. The van der Waals surface area contributed by atoms with E-state index < -0.39 is 34.5 Å². The Hall–Kier alpha value is -5.29. The predicted molar refractivity (Wildman–Crippen MR) is 181 cm³/mol. The molecule has 9 nitrogen and oxygen atoms in total. The SMILES string of the molecule is Cc1ccc(-c2nn(-c3ccccc3)cc2/C=c2\s/c(=C(/C#N)C(=O)NCCN3CCOCC3)n(-c3ccccc3C(F)(F)F)c2=O)cc1. The van der Waals surface area contributed by atoms with Gasteiger partial charge < -0.3 is 10.1 Å². The van der Waals surface area contributed by atoms with Crippen molar-refractivity contribution >= 4 is 28.9 Å². The van der Waals surface area contributed by atoms with Crippen LogP contribution < -0.4 is 20.1 Å². The van der Waals surface area contributed by atoms with E-state index in [4.69, 9.17) is 9.84 Å². The average Bonchev–Trinajstić information content (AvgIpc) is 3.66. The number of aromatic nitrogens is 3. The van der Waals surface area contributed by atoms with Crippen LogP contribution in [0, 0.1) is 18.3 Å². The molecule has 0 aliphatic carbocycles. The van der Waals surface area contributed by atoms with Crippen LogP contribution in [0.3, 0.4) is 0 Å². The molecular formula is C36H31F3N6O3S. The fourth-order valence-corrected chi connectivity index (χ4v) is 6.58. The molecule has 49 heavy (non-hydrogen) atoms. The molecule has 1 saturated heterocycles. The molecule has 0 spiro atoms. The third-order valence-electron chi connectivity index (χ3n) is 8.02. The second-order valence-corrected chi connectivity index (χ2v) is 12.4. The van der Waals surface area contributed by atoms with Gasteiger partial charge in [-0.05, 0) is 37.3 Å². The quantitative estimate of drug-likeness (QED) is 0.265. The number of thiazole rings is 1. The molecule has 6 rings (SSSR count). The molecule has 2 aromatic heterocycles. The van der Waals surface area contributed by atoms with Crippen LogP contribution in [-0.4, -0.2) is 64.5 Å². The topological polar surface area (TPSA) is 105 Å². The minimum Gasteiger partial charge on any atom is -0.379 e. The lowest BCUT2D eigenvalue weighted by Crippen LogP contribution is -2.42. The van der Waals surface area contributed by atoms with Gasteiger partial charge in [0.25, 0.3) is 11.5 Å². The van der Waals surface area contributed by atoms with Crippen molar-refractivity contribution in [2.45, 2.75) is 13.1 Å². The van der Waals surface area contributed by atoms with E-state index in [1.165, 1.54) is 18.2 Å². The highest BCUT2D eigenvalue weighted by molar-refractivity contribution is 7.07. The van der Waals surface area contributed by atoms with Crippen molar-refractivity contribution in [3.05, 3.63) is 121 Å². The number of nitrogens with zero attached hydrogens (tertiary/aromatic N) is 5. The van der Waals surface area contributed by atoms with Crippen LogP contribution in [0.25, 0.3) is 34.3 Å². The Morgan fingerprint density at radius 2 is 1.73 bits per heavy atom. The van der Waals surface area contributed by atoms with Gasteiger partial charge in [-0.2, -0.15) is 23.5 Å². The first kappa shape index (κ1) is 33.6. The predicted octanol–water partition coefficient (Wildman–Crippen LogP) is 4.03. The number of morpholine rings is 1. The third-order valence-corrected chi connectivity index (χ3v) is 9.11. The molecule has 0 unspecified atom stereocenters. The summed E-state index contributed by atoms with van der Waals surface area (Å²) in [6, 6.07) is 23.4. The maximum atomic E-state index is 14.3. The van der Waals surface area contributed by atoms with Crippen molar-refractivity contribution in [3.63, 3.8) is 0 Å². The zero-order valence-corrected chi connectivity index (χ0v) is 27.2. The molecule has 3 aromatic carbocycles. The first-order valence-electron chi connectivity index (χ1n) is 15.5. The number of nitrogens with one attached hydrogen (secondary N) is 1. The number of carbonyl (C=O) groups excluding carboxylic acids is 1. The fourth-order valence-electron chi connectivity index (χ4n) is 5.50. The smallest absolute Gasteiger partial charge is 0.379 e. The summed E-state index contributed by atoms with van der Waals surface area (Å²) in [4.78, 5) is 29.7. The Kier molecular flexibility index (Phi) is 9.91. The zero-order chi connectivity index (χ0) is 34.5. The van der Waals surface area contributed by atoms with Crippen LogP contribution in [0.15, 0.2) is 89.9 Å². The van der Waals surface area contributed by atoms with Gasteiger partial charge in [0.15, 0.2) is 5.57 Å². The van der Waals surface area contributed by atoms with Gasteiger partial charge in [0.2, 0.25) is 0 Å². The molecule has 1 fully saturated rings. The van der Waals surface area contributed by atoms with Gasteiger partial charge in [-0.1, -0.05) is 60.2 Å². The minimum atomic E-state index is -4.82. The van der Waals surface area contributed by atoms with Gasteiger partial charge in [0, 0.05) is 43.5 Å². The number of alkyl halides is 3. The number of para-hydroxylation sites is 2. The maximum Gasteiger partial charge on any atom is 0.418 e. The van der Waals surface area contributed by atoms with Crippen molar-refractivity contribution in [2.24, 2.45) is 0 Å². The normalized spacial score (nSPS) is 14.8. The highest BCUT2D eigenvalue weighted by Crippen LogP contribution is 2.33. The molecule has 0 radical (unpaired) electrons. The Bertz CT molecular complexity index is 2190. The maximum absolute atomic E-state index is 14.3. The Balaban J connectivity index is 1.54. The lowest BCUT2D eigenvalue weighted by molar-refractivity contribution is -0.137. The van der Waals surface area contributed by atoms with Crippen LogP contribution in [-0.2, 0) is 15.7 Å². The molecule has 0 atom stereocenters. The lowest BCUT2D eigenvalue weighted by atomic mass is 10.1. The largest absolute Gasteiger partial charge is 0.418 e. The van der Waals surface area contributed by atoms with Gasteiger partial charge in [-0.3, -0.25) is 19.1 Å². The summed E-state index contributed by atoms with van der Waals surface area (Å²) in [6.07, 6.45) is -1.55. The van der Waals surface area contributed by atoms with Crippen LogP contribution in [0.2, 0.25) is 0 Å². The number of carbonyl (C=O) groups is 1. The Morgan fingerprint density at radius 1 is 1.04 bits per heavy atom. The molecule has 3 heterocycles. The van der Waals surface area contributed by atoms with Crippen molar-refractivity contribution in [1.82, 2.24) is 24.6 Å². The molecule has 250 valence electrons. The minimum absolute atomic E-state index is 0.0156. The van der Waals surface area contributed by atoms with Crippen molar-refractivity contribution in [1.29, 1.82) is 5.26 Å². The summed E-state index contributed by atoms with van der Waals surface area (Å²) < 4.78 is 50.4. The molecular weight excluding hydrogens is 653 g/mol. The van der Waals surface area contributed by atoms with Crippen molar-refractivity contribution in [3.8, 4) is 28.7 Å². The van der Waals surface area contributed by atoms with E-state index in [9.17, 15) is 28.0 Å².